The molecule has 0 fully saturated rings. The van der Waals surface area contributed by atoms with Gasteiger partial charge in [0.2, 0.25) is 5.75 Å². The molecule has 0 aromatic heterocycles. The maximum Gasteiger partial charge on any atom is 0.201 e. The summed E-state index contributed by atoms with van der Waals surface area (Å²) in [6.45, 7) is 6.04. The summed E-state index contributed by atoms with van der Waals surface area (Å²) in [5.74, 6) is 0.246. The maximum absolute atomic E-state index is 9.91. The maximum atomic E-state index is 9.91. The molecule has 1 rings (SSSR count). The zero-order valence-electron chi connectivity index (χ0n) is 10.4. The van der Waals surface area contributed by atoms with Crippen molar-refractivity contribution in [2.45, 2.75) is 40.0 Å². The van der Waals surface area contributed by atoms with Crippen LogP contribution in [0, 0.1) is 0 Å². The largest absolute Gasteiger partial charge is 0.504 e. The Balaban J connectivity index is 3.61. The molecule has 0 aliphatic heterocycles. The predicted octanol–water partition coefficient (Wildman–Crippen LogP) is 2.79. The van der Waals surface area contributed by atoms with Gasteiger partial charge in [-0.15, -0.1) is 0 Å². The first kappa shape index (κ1) is 12.7. The topological polar surface area (TPSA) is 49.7 Å². The van der Waals surface area contributed by atoms with Gasteiger partial charge in [0.05, 0.1) is 7.11 Å². The van der Waals surface area contributed by atoms with E-state index in [0.717, 1.165) is 29.5 Å². The Hall–Kier alpha value is -1.38. The summed E-state index contributed by atoms with van der Waals surface area (Å²) in [6.07, 6.45) is 2.32. The van der Waals surface area contributed by atoms with Gasteiger partial charge >= 0.3 is 0 Å². The molecular weight excluding hydrogens is 204 g/mol. The third kappa shape index (κ3) is 1.82. The number of hydrogen-bond acceptors (Lipinski definition) is 3. The molecule has 0 atom stereocenters. The quantitative estimate of drug-likeness (QED) is 0.773. The molecule has 0 spiro atoms. The fourth-order valence-corrected chi connectivity index (χ4v) is 2.26. The van der Waals surface area contributed by atoms with Crippen LogP contribution in [0.25, 0.3) is 0 Å². The molecule has 0 radical (unpaired) electrons. The van der Waals surface area contributed by atoms with Crippen LogP contribution in [0.2, 0.25) is 0 Å². The van der Waals surface area contributed by atoms with Gasteiger partial charge in [-0.1, -0.05) is 20.8 Å². The highest BCUT2D eigenvalue weighted by molar-refractivity contribution is 5.62. The van der Waals surface area contributed by atoms with Crippen molar-refractivity contribution in [2.24, 2.45) is 0 Å². The number of methoxy groups -OCH3 is 1. The van der Waals surface area contributed by atoms with Crippen LogP contribution in [0.4, 0.5) is 0 Å². The average Bonchev–Trinajstić information content (AvgIpc) is 2.31. The Morgan fingerprint density at radius 2 is 1.31 bits per heavy atom. The van der Waals surface area contributed by atoms with E-state index in [1.165, 1.54) is 7.11 Å². The first-order valence-electron chi connectivity index (χ1n) is 5.74. The van der Waals surface area contributed by atoms with Crippen LogP contribution in [0.1, 0.15) is 37.5 Å². The van der Waals surface area contributed by atoms with Crippen LogP contribution in [0.3, 0.4) is 0 Å². The SMILES string of the molecule is CCc1c(O)c(O)c(OC)c(CC)c1CC. The Labute approximate surface area is 96.7 Å². The second-order valence-corrected chi connectivity index (χ2v) is 3.73. The summed E-state index contributed by atoms with van der Waals surface area (Å²) in [5.41, 5.74) is 2.92. The van der Waals surface area contributed by atoms with Crippen molar-refractivity contribution < 1.29 is 14.9 Å². The van der Waals surface area contributed by atoms with Crippen molar-refractivity contribution in [3.05, 3.63) is 16.7 Å². The van der Waals surface area contributed by atoms with Crippen LogP contribution in [-0.2, 0) is 19.3 Å². The van der Waals surface area contributed by atoms with Crippen LogP contribution in [-0.4, -0.2) is 17.3 Å². The number of ether oxygens (including phenoxy) is 1. The van der Waals surface area contributed by atoms with E-state index in [2.05, 4.69) is 0 Å². The number of benzene rings is 1. The summed E-state index contributed by atoms with van der Waals surface area (Å²) in [6, 6.07) is 0. The second-order valence-electron chi connectivity index (χ2n) is 3.73. The fraction of sp³-hybridized carbons (Fsp3) is 0.538. The lowest BCUT2D eigenvalue weighted by Crippen LogP contribution is -2.02. The highest BCUT2D eigenvalue weighted by Crippen LogP contribution is 2.44. The Morgan fingerprint density at radius 1 is 0.812 bits per heavy atom. The molecule has 0 heterocycles. The van der Waals surface area contributed by atoms with Crippen molar-refractivity contribution >= 4 is 0 Å². The number of phenolic OH excluding ortho intramolecular Hbond substituents is 2. The molecular formula is C13H20O3. The number of aromatic hydroxyl groups is 2. The van der Waals surface area contributed by atoms with E-state index in [9.17, 15) is 10.2 Å². The number of hydrogen-bond donors (Lipinski definition) is 2. The van der Waals surface area contributed by atoms with E-state index in [1.807, 2.05) is 20.8 Å². The van der Waals surface area contributed by atoms with Gasteiger partial charge < -0.3 is 14.9 Å². The summed E-state index contributed by atoms with van der Waals surface area (Å²) < 4.78 is 5.18. The fourth-order valence-electron chi connectivity index (χ4n) is 2.26. The van der Waals surface area contributed by atoms with E-state index in [0.29, 0.717) is 12.2 Å². The standard InChI is InChI=1S/C13H20O3/c1-5-8-9(6-2)11(14)12(15)13(16-4)10(8)7-3/h14-15H,5-7H2,1-4H3. The summed E-state index contributed by atoms with van der Waals surface area (Å²) in [4.78, 5) is 0. The molecule has 3 nitrogen and oxygen atoms in total. The minimum Gasteiger partial charge on any atom is -0.504 e. The van der Waals surface area contributed by atoms with E-state index in [4.69, 9.17) is 4.74 Å². The van der Waals surface area contributed by atoms with Crippen LogP contribution >= 0.6 is 0 Å². The van der Waals surface area contributed by atoms with Crippen molar-refractivity contribution in [2.75, 3.05) is 7.11 Å². The van der Waals surface area contributed by atoms with Gasteiger partial charge in [0, 0.05) is 11.1 Å². The molecule has 0 saturated carbocycles. The molecule has 16 heavy (non-hydrogen) atoms. The lowest BCUT2D eigenvalue weighted by atomic mass is 9.93. The Bertz CT molecular complexity index is 346. The molecule has 0 unspecified atom stereocenters. The molecule has 0 aliphatic rings. The van der Waals surface area contributed by atoms with E-state index >= 15 is 0 Å². The van der Waals surface area contributed by atoms with Gasteiger partial charge in [0.25, 0.3) is 0 Å². The van der Waals surface area contributed by atoms with Crippen molar-refractivity contribution in [3.8, 4) is 17.2 Å². The summed E-state index contributed by atoms with van der Waals surface area (Å²) in [7, 11) is 1.51. The molecule has 90 valence electrons. The minimum absolute atomic E-state index is 0.0339. The van der Waals surface area contributed by atoms with Gasteiger partial charge in [0.1, 0.15) is 0 Å². The summed E-state index contributed by atoms with van der Waals surface area (Å²) >= 11 is 0. The van der Waals surface area contributed by atoms with Gasteiger partial charge in [-0.05, 0) is 24.8 Å². The zero-order chi connectivity index (χ0) is 12.3. The van der Waals surface area contributed by atoms with Crippen molar-refractivity contribution in [3.63, 3.8) is 0 Å². The predicted molar refractivity (Wildman–Crippen MR) is 64.5 cm³/mol. The van der Waals surface area contributed by atoms with E-state index in [1.54, 1.807) is 0 Å². The highest BCUT2D eigenvalue weighted by atomic mass is 16.5. The van der Waals surface area contributed by atoms with Gasteiger partial charge in [-0.3, -0.25) is 0 Å². The Kier molecular flexibility index (Phi) is 4.05. The van der Waals surface area contributed by atoms with E-state index < -0.39 is 0 Å². The zero-order valence-corrected chi connectivity index (χ0v) is 10.4. The lowest BCUT2D eigenvalue weighted by Gasteiger charge is -2.18. The van der Waals surface area contributed by atoms with Gasteiger partial charge in [-0.2, -0.15) is 0 Å². The monoisotopic (exact) mass is 224 g/mol. The summed E-state index contributed by atoms with van der Waals surface area (Å²) in [5, 5.41) is 19.8. The van der Waals surface area contributed by atoms with Crippen molar-refractivity contribution in [1.82, 2.24) is 0 Å². The molecule has 0 aliphatic carbocycles. The average molecular weight is 224 g/mol. The molecule has 3 heteroatoms. The third-order valence-electron chi connectivity index (χ3n) is 2.99. The van der Waals surface area contributed by atoms with Crippen LogP contribution in [0.5, 0.6) is 17.2 Å². The smallest absolute Gasteiger partial charge is 0.201 e. The highest BCUT2D eigenvalue weighted by Gasteiger charge is 2.21. The van der Waals surface area contributed by atoms with Crippen LogP contribution < -0.4 is 4.74 Å². The Morgan fingerprint density at radius 3 is 1.69 bits per heavy atom. The molecule has 0 amide bonds. The van der Waals surface area contributed by atoms with Gasteiger partial charge in [0.15, 0.2) is 11.5 Å². The lowest BCUT2D eigenvalue weighted by molar-refractivity contribution is 0.345. The third-order valence-corrected chi connectivity index (χ3v) is 2.99. The number of phenols is 2. The molecule has 0 bridgehead atoms. The van der Waals surface area contributed by atoms with E-state index in [-0.39, 0.29) is 11.5 Å². The first-order valence-corrected chi connectivity index (χ1v) is 5.74. The molecule has 1 aromatic carbocycles. The number of rotatable bonds is 4. The molecule has 0 saturated heterocycles. The first-order chi connectivity index (χ1) is 7.62. The normalized spacial score (nSPS) is 10.5. The molecule has 1 aromatic rings. The second kappa shape index (κ2) is 5.10. The van der Waals surface area contributed by atoms with Gasteiger partial charge in [-0.25, -0.2) is 0 Å². The molecule has 2 N–H and O–H groups in total. The van der Waals surface area contributed by atoms with Crippen LogP contribution in [0.15, 0.2) is 0 Å². The minimum atomic E-state index is -0.131. The van der Waals surface area contributed by atoms with Crippen molar-refractivity contribution in [1.29, 1.82) is 0 Å².